The first kappa shape index (κ1) is 14.5. The molecule has 0 aliphatic rings. The summed E-state index contributed by atoms with van der Waals surface area (Å²) in [4.78, 5) is 11.0. The van der Waals surface area contributed by atoms with E-state index in [2.05, 4.69) is 0 Å². The predicted molar refractivity (Wildman–Crippen MR) is 50.5 cm³/mol. The molecule has 0 radical (unpaired) electrons. The van der Waals surface area contributed by atoms with E-state index in [1.54, 1.807) is 0 Å². The molecule has 1 unspecified atom stereocenters. The Morgan fingerprint density at radius 3 is 2.07 bits per heavy atom. The highest BCUT2D eigenvalue weighted by Crippen LogP contribution is 2.32. The van der Waals surface area contributed by atoms with Crippen molar-refractivity contribution >= 4 is 17.4 Å². The van der Waals surface area contributed by atoms with E-state index in [0.29, 0.717) is 6.08 Å². The molecule has 0 aliphatic carbocycles. The normalized spacial score (nSPS) is 16.4. The molecule has 1 atom stereocenters. The zero-order valence-electron chi connectivity index (χ0n) is 8.52. The summed E-state index contributed by atoms with van der Waals surface area (Å²) >= 11 is 4.93. The van der Waals surface area contributed by atoms with Gasteiger partial charge >= 0.3 is 6.18 Å². The fourth-order valence-electron chi connectivity index (χ4n) is 0.650. The first-order chi connectivity index (χ1) is 6.49. The van der Waals surface area contributed by atoms with Crippen LogP contribution in [0.5, 0.6) is 0 Å². The maximum Gasteiger partial charge on any atom is 0.426 e. The first-order valence-corrected chi connectivity index (χ1v) is 4.51. The van der Waals surface area contributed by atoms with Crippen LogP contribution >= 0.6 is 11.6 Å². The van der Waals surface area contributed by atoms with Crippen LogP contribution in [0, 0.1) is 5.41 Å². The van der Waals surface area contributed by atoms with Gasteiger partial charge in [-0.25, -0.2) is 0 Å². The molecular formula is C9H12ClF3O2. The number of allylic oxidation sites excluding steroid dienone is 1. The molecule has 0 spiro atoms. The summed E-state index contributed by atoms with van der Waals surface area (Å²) in [5.74, 6) is -0.419. The van der Waals surface area contributed by atoms with Crippen LogP contribution in [0.15, 0.2) is 11.1 Å². The molecule has 0 aromatic heterocycles. The Kier molecular flexibility index (Phi) is 4.36. The van der Waals surface area contributed by atoms with Gasteiger partial charge in [-0.2, -0.15) is 13.2 Å². The summed E-state index contributed by atoms with van der Waals surface area (Å²) < 4.78 is 36.0. The fraction of sp³-hybridized carbons (Fsp3) is 0.667. The largest absolute Gasteiger partial charge is 0.426 e. The van der Waals surface area contributed by atoms with E-state index >= 15 is 0 Å². The van der Waals surface area contributed by atoms with E-state index in [0.717, 1.165) is 0 Å². The van der Waals surface area contributed by atoms with E-state index < -0.39 is 28.5 Å². The second-order valence-corrected chi connectivity index (χ2v) is 4.14. The zero-order chi connectivity index (χ0) is 12.4. The molecule has 88 valence electrons. The van der Waals surface area contributed by atoms with Crippen molar-refractivity contribution in [2.24, 2.45) is 5.41 Å². The van der Waals surface area contributed by atoms with Crippen molar-refractivity contribution in [2.45, 2.75) is 33.1 Å². The SMILES string of the molecule is CC(=O)C(C)(C)C(O)/C=C(\Cl)C(F)(F)F. The van der Waals surface area contributed by atoms with Gasteiger partial charge in [0.15, 0.2) is 0 Å². The predicted octanol–water partition coefficient (Wildman–Crippen LogP) is 2.65. The van der Waals surface area contributed by atoms with Crippen LogP contribution < -0.4 is 0 Å². The Hall–Kier alpha value is -0.550. The second kappa shape index (κ2) is 4.53. The minimum absolute atomic E-state index is 0.419. The highest BCUT2D eigenvalue weighted by molar-refractivity contribution is 6.30. The Labute approximate surface area is 90.7 Å². The number of hydrogen-bond acceptors (Lipinski definition) is 2. The van der Waals surface area contributed by atoms with Crippen molar-refractivity contribution in [3.8, 4) is 0 Å². The quantitative estimate of drug-likeness (QED) is 0.829. The lowest BCUT2D eigenvalue weighted by molar-refractivity contribution is -0.129. The van der Waals surface area contributed by atoms with E-state index in [9.17, 15) is 23.1 Å². The lowest BCUT2D eigenvalue weighted by atomic mass is 9.82. The van der Waals surface area contributed by atoms with Gasteiger partial charge in [-0.15, -0.1) is 0 Å². The number of carbonyl (C=O) groups is 1. The number of aliphatic hydroxyl groups is 1. The number of alkyl halides is 3. The van der Waals surface area contributed by atoms with Crippen molar-refractivity contribution in [2.75, 3.05) is 0 Å². The van der Waals surface area contributed by atoms with Gasteiger partial charge in [0.1, 0.15) is 10.8 Å². The van der Waals surface area contributed by atoms with Gasteiger partial charge in [0.25, 0.3) is 0 Å². The third-order valence-electron chi connectivity index (χ3n) is 2.22. The fourth-order valence-corrected chi connectivity index (χ4v) is 0.769. The minimum Gasteiger partial charge on any atom is -0.388 e. The van der Waals surface area contributed by atoms with Gasteiger partial charge in [0, 0.05) is 0 Å². The van der Waals surface area contributed by atoms with Crippen molar-refractivity contribution in [3.05, 3.63) is 11.1 Å². The Morgan fingerprint density at radius 1 is 1.40 bits per heavy atom. The van der Waals surface area contributed by atoms with Gasteiger partial charge in [-0.3, -0.25) is 4.79 Å². The summed E-state index contributed by atoms with van der Waals surface area (Å²) in [7, 11) is 0. The smallest absolute Gasteiger partial charge is 0.388 e. The Bertz CT molecular complexity index is 282. The third-order valence-corrected chi connectivity index (χ3v) is 2.56. The maximum absolute atomic E-state index is 12.0. The minimum atomic E-state index is -4.70. The van der Waals surface area contributed by atoms with E-state index in [-0.39, 0.29) is 0 Å². The summed E-state index contributed by atoms with van der Waals surface area (Å²) in [5.41, 5.74) is -1.29. The van der Waals surface area contributed by atoms with Crippen LogP contribution in [-0.4, -0.2) is 23.2 Å². The molecule has 0 aliphatic heterocycles. The number of Topliss-reactive ketones (excluding diaryl/α,β-unsaturated/α-hetero) is 1. The van der Waals surface area contributed by atoms with Crippen molar-refractivity contribution < 1.29 is 23.1 Å². The molecule has 0 aromatic rings. The number of carbonyl (C=O) groups excluding carboxylic acids is 1. The summed E-state index contributed by atoms with van der Waals surface area (Å²) in [6, 6.07) is 0. The monoisotopic (exact) mass is 244 g/mol. The summed E-state index contributed by atoms with van der Waals surface area (Å²) in [6.07, 6.45) is -5.83. The molecule has 0 saturated carbocycles. The molecule has 0 rings (SSSR count). The van der Waals surface area contributed by atoms with Crippen molar-refractivity contribution in [1.82, 2.24) is 0 Å². The molecular weight excluding hydrogens is 233 g/mol. The average molecular weight is 245 g/mol. The average Bonchev–Trinajstić information content (AvgIpc) is 2.01. The summed E-state index contributed by atoms with van der Waals surface area (Å²) in [6.45, 7) is 3.88. The maximum atomic E-state index is 12.0. The molecule has 0 fully saturated rings. The van der Waals surface area contributed by atoms with Gasteiger partial charge in [-0.1, -0.05) is 25.4 Å². The van der Waals surface area contributed by atoms with Crippen LogP contribution in [0.25, 0.3) is 0 Å². The van der Waals surface area contributed by atoms with Crippen LogP contribution in [-0.2, 0) is 4.79 Å². The molecule has 15 heavy (non-hydrogen) atoms. The number of halogens is 4. The molecule has 0 aromatic carbocycles. The van der Waals surface area contributed by atoms with Crippen LogP contribution in [0.1, 0.15) is 20.8 Å². The van der Waals surface area contributed by atoms with Gasteiger partial charge in [0.2, 0.25) is 0 Å². The van der Waals surface area contributed by atoms with E-state index in [4.69, 9.17) is 11.6 Å². The number of ketones is 1. The highest BCUT2D eigenvalue weighted by atomic mass is 35.5. The van der Waals surface area contributed by atoms with Crippen LogP contribution in [0.2, 0.25) is 0 Å². The van der Waals surface area contributed by atoms with Gasteiger partial charge in [0.05, 0.1) is 11.5 Å². The van der Waals surface area contributed by atoms with E-state index in [1.165, 1.54) is 20.8 Å². The molecule has 2 nitrogen and oxygen atoms in total. The lowest BCUT2D eigenvalue weighted by Gasteiger charge is -2.25. The highest BCUT2D eigenvalue weighted by Gasteiger charge is 2.37. The molecule has 0 amide bonds. The molecule has 1 N–H and O–H groups in total. The first-order valence-electron chi connectivity index (χ1n) is 4.13. The standard InChI is InChI=1S/C9H12ClF3O2/c1-5(14)8(2,3)7(15)4-6(10)9(11,12)13/h4,7,15H,1-3H3/b6-4-. The molecule has 6 heteroatoms. The van der Waals surface area contributed by atoms with Gasteiger partial charge < -0.3 is 5.11 Å². The second-order valence-electron chi connectivity index (χ2n) is 3.74. The third kappa shape index (κ3) is 3.83. The van der Waals surface area contributed by atoms with Crippen molar-refractivity contribution in [3.63, 3.8) is 0 Å². The Morgan fingerprint density at radius 2 is 1.80 bits per heavy atom. The van der Waals surface area contributed by atoms with Crippen molar-refractivity contribution in [1.29, 1.82) is 0 Å². The van der Waals surface area contributed by atoms with Crippen LogP contribution in [0.4, 0.5) is 13.2 Å². The van der Waals surface area contributed by atoms with Crippen LogP contribution in [0.3, 0.4) is 0 Å². The Balaban J connectivity index is 4.91. The number of hydrogen-bond donors (Lipinski definition) is 1. The topological polar surface area (TPSA) is 37.3 Å². The molecule has 0 heterocycles. The number of aliphatic hydroxyl groups excluding tert-OH is 1. The zero-order valence-corrected chi connectivity index (χ0v) is 9.28. The lowest BCUT2D eigenvalue weighted by Crippen LogP contribution is -2.35. The molecule has 0 saturated heterocycles. The van der Waals surface area contributed by atoms with E-state index in [1.807, 2.05) is 0 Å². The summed E-state index contributed by atoms with van der Waals surface area (Å²) in [5, 5.41) is 7.97. The number of rotatable bonds is 3. The molecule has 0 bridgehead atoms. The van der Waals surface area contributed by atoms with Gasteiger partial charge in [-0.05, 0) is 13.0 Å².